The average Bonchev–Trinajstić information content (AvgIpc) is 3.19. The topological polar surface area (TPSA) is 98.3 Å². The molecular weight excluding hydrogens is 234 g/mol. The normalized spacial score (nSPS) is 16.1. The second-order valence-corrected chi connectivity index (χ2v) is 4.43. The molecule has 0 spiro atoms. The van der Waals surface area contributed by atoms with Crippen LogP contribution >= 0.6 is 0 Å². The number of benzene rings is 1. The van der Waals surface area contributed by atoms with E-state index in [2.05, 4.69) is 5.32 Å². The van der Waals surface area contributed by atoms with Gasteiger partial charge in [-0.1, -0.05) is 12.1 Å². The molecule has 1 aromatic rings. The van der Waals surface area contributed by atoms with E-state index in [1.165, 1.54) is 18.2 Å². The van der Waals surface area contributed by atoms with Crippen LogP contribution in [0.2, 0.25) is 0 Å². The molecule has 0 radical (unpaired) electrons. The summed E-state index contributed by atoms with van der Waals surface area (Å²) in [5.41, 5.74) is 5.50. The van der Waals surface area contributed by atoms with Crippen molar-refractivity contribution in [3.63, 3.8) is 0 Å². The number of nitrogens with two attached hydrogens (primary N) is 1. The molecule has 0 bridgehead atoms. The first kappa shape index (κ1) is 12.5. The Kier molecular flexibility index (Phi) is 3.57. The molecule has 0 heterocycles. The van der Waals surface area contributed by atoms with Crippen molar-refractivity contribution in [2.75, 3.05) is 6.54 Å². The van der Waals surface area contributed by atoms with Gasteiger partial charge >= 0.3 is 0 Å². The van der Waals surface area contributed by atoms with E-state index >= 15 is 0 Å². The van der Waals surface area contributed by atoms with Gasteiger partial charge in [0.15, 0.2) is 0 Å². The van der Waals surface area contributed by atoms with Crippen LogP contribution in [-0.4, -0.2) is 23.4 Å². The maximum atomic E-state index is 12.0. The van der Waals surface area contributed by atoms with Crippen LogP contribution in [0.1, 0.15) is 23.2 Å². The molecule has 96 valence electrons. The highest BCUT2D eigenvalue weighted by Gasteiger charge is 2.32. The summed E-state index contributed by atoms with van der Waals surface area (Å²) in [4.78, 5) is 22.3. The Balaban J connectivity index is 2.15. The predicted octanol–water partition coefficient (Wildman–Crippen LogP) is 1.06. The molecule has 18 heavy (non-hydrogen) atoms. The smallest absolute Gasteiger partial charge is 0.282 e. The number of rotatable bonds is 5. The molecule has 0 aliphatic heterocycles. The number of carbonyl (C=O) groups is 1. The molecule has 6 heteroatoms. The Morgan fingerprint density at radius 1 is 1.50 bits per heavy atom. The van der Waals surface area contributed by atoms with Gasteiger partial charge in [-0.25, -0.2) is 0 Å². The van der Waals surface area contributed by atoms with Gasteiger partial charge in [0, 0.05) is 18.7 Å². The maximum Gasteiger partial charge on any atom is 0.282 e. The molecule has 1 unspecified atom stereocenters. The zero-order chi connectivity index (χ0) is 13.1. The van der Waals surface area contributed by atoms with Crippen LogP contribution in [0.3, 0.4) is 0 Å². The van der Waals surface area contributed by atoms with E-state index in [0.29, 0.717) is 12.5 Å². The quantitative estimate of drug-likeness (QED) is 0.602. The van der Waals surface area contributed by atoms with Gasteiger partial charge in [0.25, 0.3) is 11.6 Å². The summed E-state index contributed by atoms with van der Waals surface area (Å²) in [6.45, 7) is 0.358. The summed E-state index contributed by atoms with van der Waals surface area (Å²) in [6.07, 6.45) is 2.11. The Morgan fingerprint density at radius 3 is 2.72 bits per heavy atom. The van der Waals surface area contributed by atoms with Crippen molar-refractivity contribution in [1.29, 1.82) is 0 Å². The van der Waals surface area contributed by atoms with Crippen molar-refractivity contribution in [3.05, 3.63) is 39.9 Å². The number of nitrogens with zero attached hydrogens (tertiary/aromatic N) is 1. The van der Waals surface area contributed by atoms with Crippen molar-refractivity contribution < 1.29 is 9.72 Å². The zero-order valence-electron chi connectivity index (χ0n) is 9.83. The van der Waals surface area contributed by atoms with Crippen molar-refractivity contribution >= 4 is 11.6 Å². The molecule has 1 aromatic carbocycles. The molecule has 3 N–H and O–H groups in total. The summed E-state index contributed by atoms with van der Waals surface area (Å²) in [5, 5.41) is 13.6. The van der Waals surface area contributed by atoms with Crippen molar-refractivity contribution in [1.82, 2.24) is 5.32 Å². The van der Waals surface area contributed by atoms with Crippen molar-refractivity contribution in [2.24, 2.45) is 11.7 Å². The lowest BCUT2D eigenvalue weighted by molar-refractivity contribution is -0.385. The monoisotopic (exact) mass is 249 g/mol. The van der Waals surface area contributed by atoms with E-state index in [-0.39, 0.29) is 17.3 Å². The van der Waals surface area contributed by atoms with Gasteiger partial charge in [0.05, 0.1) is 4.92 Å². The highest BCUT2D eigenvalue weighted by molar-refractivity contribution is 5.98. The van der Waals surface area contributed by atoms with E-state index < -0.39 is 10.8 Å². The largest absolute Gasteiger partial charge is 0.348 e. The lowest BCUT2D eigenvalue weighted by Crippen LogP contribution is -2.41. The van der Waals surface area contributed by atoms with Gasteiger partial charge in [-0.15, -0.1) is 0 Å². The van der Waals surface area contributed by atoms with E-state index in [9.17, 15) is 14.9 Å². The first-order chi connectivity index (χ1) is 8.63. The van der Waals surface area contributed by atoms with Crippen LogP contribution in [0.25, 0.3) is 0 Å². The molecule has 1 atom stereocenters. The van der Waals surface area contributed by atoms with Gasteiger partial charge in [-0.2, -0.15) is 0 Å². The molecule has 1 aliphatic carbocycles. The summed E-state index contributed by atoms with van der Waals surface area (Å²) in [7, 11) is 0. The fourth-order valence-electron chi connectivity index (χ4n) is 1.94. The number of hydrogen-bond acceptors (Lipinski definition) is 4. The molecule has 0 aromatic heterocycles. The molecule has 2 rings (SSSR count). The fraction of sp³-hybridized carbons (Fsp3) is 0.417. The number of hydrogen-bond donors (Lipinski definition) is 2. The number of nitrogens with one attached hydrogen (secondary N) is 1. The Morgan fingerprint density at radius 2 is 2.17 bits per heavy atom. The van der Waals surface area contributed by atoms with E-state index in [1.807, 2.05) is 0 Å². The van der Waals surface area contributed by atoms with E-state index in [4.69, 9.17) is 5.73 Å². The SMILES string of the molecule is NCC(NC(=O)c1ccccc1[N+](=O)[O-])C1CC1. The van der Waals surface area contributed by atoms with Crippen LogP contribution in [0.15, 0.2) is 24.3 Å². The van der Waals surface area contributed by atoms with Gasteiger partial charge in [-0.3, -0.25) is 14.9 Å². The Labute approximate surface area is 104 Å². The number of nitro benzene ring substituents is 1. The minimum Gasteiger partial charge on any atom is -0.348 e. The highest BCUT2D eigenvalue weighted by Crippen LogP contribution is 2.32. The van der Waals surface area contributed by atoms with Gasteiger partial charge in [0.1, 0.15) is 5.56 Å². The first-order valence-electron chi connectivity index (χ1n) is 5.88. The number of amides is 1. The van der Waals surface area contributed by atoms with Crippen LogP contribution < -0.4 is 11.1 Å². The molecule has 1 amide bonds. The third kappa shape index (κ3) is 2.65. The summed E-state index contributed by atoms with van der Waals surface area (Å²) in [6, 6.07) is 5.83. The van der Waals surface area contributed by atoms with E-state index in [1.54, 1.807) is 6.07 Å². The first-order valence-corrected chi connectivity index (χ1v) is 5.88. The van der Waals surface area contributed by atoms with Crippen LogP contribution in [-0.2, 0) is 0 Å². The summed E-state index contributed by atoms with van der Waals surface area (Å²) < 4.78 is 0. The van der Waals surface area contributed by atoms with E-state index in [0.717, 1.165) is 12.8 Å². The van der Waals surface area contributed by atoms with Gasteiger partial charge in [0.2, 0.25) is 0 Å². The minimum atomic E-state index is -0.552. The maximum absolute atomic E-state index is 12.0. The summed E-state index contributed by atoms with van der Waals surface area (Å²) >= 11 is 0. The van der Waals surface area contributed by atoms with Gasteiger partial charge < -0.3 is 11.1 Å². The second kappa shape index (κ2) is 5.14. The predicted molar refractivity (Wildman–Crippen MR) is 66.1 cm³/mol. The molecule has 1 saturated carbocycles. The molecular formula is C12H15N3O3. The van der Waals surface area contributed by atoms with Crippen LogP contribution in [0.5, 0.6) is 0 Å². The third-order valence-electron chi connectivity index (χ3n) is 3.11. The van der Waals surface area contributed by atoms with Crippen LogP contribution in [0.4, 0.5) is 5.69 Å². The number of nitro groups is 1. The average molecular weight is 249 g/mol. The number of para-hydroxylation sites is 1. The molecule has 1 fully saturated rings. The zero-order valence-corrected chi connectivity index (χ0v) is 9.83. The third-order valence-corrected chi connectivity index (χ3v) is 3.11. The Bertz CT molecular complexity index is 471. The standard InChI is InChI=1S/C12H15N3O3/c13-7-10(8-5-6-8)14-12(16)9-3-1-2-4-11(9)15(17)18/h1-4,8,10H,5-7,13H2,(H,14,16). The second-order valence-electron chi connectivity index (χ2n) is 4.43. The lowest BCUT2D eigenvalue weighted by Gasteiger charge is -2.15. The molecule has 1 aliphatic rings. The Hall–Kier alpha value is -1.95. The summed E-state index contributed by atoms with van der Waals surface area (Å²) in [5.74, 6) is -0.00799. The highest BCUT2D eigenvalue weighted by atomic mass is 16.6. The lowest BCUT2D eigenvalue weighted by atomic mass is 10.1. The van der Waals surface area contributed by atoms with Crippen LogP contribution in [0, 0.1) is 16.0 Å². The van der Waals surface area contributed by atoms with Crippen molar-refractivity contribution in [3.8, 4) is 0 Å². The number of carbonyl (C=O) groups excluding carboxylic acids is 1. The fourth-order valence-corrected chi connectivity index (χ4v) is 1.94. The molecule has 0 saturated heterocycles. The van der Waals surface area contributed by atoms with Crippen molar-refractivity contribution in [2.45, 2.75) is 18.9 Å². The van der Waals surface area contributed by atoms with Gasteiger partial charge in [-0.05, 0) is 24.8 Å². The minimum absolute atomic E-state index is 0.0848. The molecule has 6 nitrogen and oxygen atoms in total.